The van der Waals surface area contributed by atoms with E-state index >= 15 is 0 Å². The quantitative estimate of drug-likeness (QED) is 0.646. The summed E-state index contributed by atoms with van der Waals surface area (Å²) >= 11 is 0. The third-order valence-electron chi connectivity index (χ3n) is 10.4. The molecule has 4 aliphatic carbocycles. The van der Waals surface area contributed by atoms with E-state index in [-0.39, 0.29) is 58.3 Å². The standard InChI is InChI=1S/C24H36O4/c1-21(2)16-9-11-23(21,5)19(26)14(16)7-8-18(25)28-13-15-17-10-12-24(6,20(15)27)22(17,3)4/h14-17H,7-13H2,1-6H3/t14-,15-,16+,17+,23+,24+/m1/s1. The summed E-state index contributed by atoms with van der Waals surface area (Å²) in [5.74, 6) is 0.899. The largest absolute Gasteiger partial charge is 0.465 e. The summed E-state index contributed by atoms with van der Waals surface area (Å²) in [7, 11) is 0. The zero-order valence-corrected chi connectivity index (χ0v) is 18.4. The van der Waals surface area contributed by atoms with Crippen LogP contribution >= 0.6 is 0 Å². The minimum Gasteiger partial charge on any atom is -0.465 e. The number of ketones is 2. The van der Waals surface area contributed by atoms with Crippen LogP contribution in [0.5, 0.6) is 0 Å². The van der Waals surface area contributed by atoms with Gasteiger partial charge in [0.15, 0.2) is 0 Å². The van der Waals surface area contributed by atoms with Gasteiger partial charge in [0, 0.05) is 23.2 Å². The molecule has 0 aromatic heterocycles. The van der Waals surface area contributed by atoms with E-state index in [0.717, 1.165) is 25.7 Å². The topological polar surface area (TPSA) is 60.4 Å². The van der Waals surface area contributed by atoms with Crippen LogP contribution in [0.3, 0.4) is 0 Å². The van der Waals surface area contributed by atoms with Gasteiger partial charge in [-0.2, -0.15) is 0 Å². The van der Waals surface area contributed by atoms with E-state index in [4.69, 9.17) is 4.74 Å². The van der Waals surface area contributed by atoms with Gasteiger partial charge in [0.2, 0.25) is 0 Å². The Bertz CT molecular complexity index is 675. The summed E-state index contributed by atoms with van der Waals surface area (Å²) < 4.78 is 5.57. The minimum absolute atomic E-state index is 0.0109. The predicted octanol–water partition coefficient (Wildman–Crippen LogP) is 4.59. The molecular weight excluding hydrogens is 352 g/mol. The maximum atomic E-state index is 12.9. The molecule has 0 heterocycles. The molecule has 4 bridgehead atoms. The van der Waals surface area contributed by atoms with Gasteiger partial charge in [-0.25, -0.2) is 0 Å². The van der Waals surface area contributed by atoms with Crippen LogP contribution in [-0.4, -0.2) is 24.1 Å². The molecule has 0 unspecified atom stereocenters. The Morgan fingerprint density at radius 2 is 1.32 bits per heavy atom. The highest BCUT2D eigenvalue weighted by molar-refractivity contribution is 5.92. The summed E-state index contributed by atoms with van der Waals surface area (Å²) in [6, 6.07) is 0. The minimum atomic E-state index is -0.273. The molecular formula is C24H36O4. The highest BCUT2D eigenvalue weighted by atomic mass is 16.5. The molecule has 4 nitrogen and oxygen atoms in total. The Morgan fingerprint density at radius 1 is 0.857 bits per heavy atom. The molecule has 0 saturated heterocycles. The average molecular weight is 389 g/mol. The molecule has 6 atom stereocenters. The normalized spacial score (nSPS) is 45.1. The average Bonchev–Trinajstić information content (AvgIpc) is 3.10. The molecule has 0 aliphatic heterocycles. The Kier molecular flexibility index (Phi) is 4.25. The number of ether oxygens (including phenoxy) is 1. The molecule has 0 radical (unpaired) electrons. The highest BCUT2D eigenvalue weighted by Crippen LogP contribution is 2.67. The summed E-state index contributed by atoms with van der Waals surface area (Å²) in [5.41, 5.74) is -0.499. The van der Waals surface area contributed by atoms with Gasteiger partial charge in [0.05, 0.1) is 5.92 Å². The van der Waals surface area contributed by atoms with E-state index in [1.165, 1.54) is 0 Å². The number of hydrogen-bond donors (Lipinski definition) is 0. The van der Waals surface area contributed by atoms with Crippen molar-refractivity contribution in [2.75, 3.05) is 6.61 Å². The molecule has 4 heteroatoms. The van der Waals surface area contributed by atoms with E-state index in [1.54, 1.807) is 0 Å². The van der Waals surface area contributed by atoms with Gasteiger partial charge in [-0.05, 0) is 54.8 Å². The first kappa shape index (κ1) is 20.1. The van der Waals surface area contributed by atoms with Crippen LogP contribution in [0.4, 0.5) is 0 Å². The first-order chi connectivity index (χ1) is 12.9. The van der Waals surface area contributed by atoms with Crippen molar-refractivity contribution in [3.05, 3.63) is 0 Å². The van der Waals surface area contributed by atoms with Crippen molar-refractivity contribution in [3.63, 3.8) is 0 Å². The second-order valence-corrected chi connectivity index (χ2v) is 11.6. The third-order valence-corrected chi connectivity index (χ3v) is 10.4. The van der Waals surface area contributed by atoms with Gasteiger partial charge in [0.1, 0.15) is 18.2 Å². The summed E-state index contributed by atoms with van der Waals surface area (Å²) in [4.78, 5) is 38.2. The summed E-state index contributed by atoms with van der Waals surface area (Å²) in [6.07, 6.45) is 4.93. The highest BCUT2D eigenvalue weighted by Gasteiger charge is 2.67. The first-order valence-corrected chi connectivity index (χ1v) is 11.1. The van der Waals surface area contributed by atoms with Gasteiger partial charge >= 0.3 is 5.97 Å². The number of carbonyl (C=O) groups is 3. The van der Waals surface area contributed by atoms with Crippen molar-refractivity contribution < 1.29 is 19.1 Å². The van der Waals surface area contributed by atoms with E-state index in [2.05, 4.69) is 41.5 Å². The zero-order valence-electron chi connectivity index (χ0n) is 18.4. The van der Waals surface area contributed by atoms with Crippen molar-refractivity contribution in [1.29, 1.82) is 0 Å². The lowest BCUT2D eigenvalue weighted by molar-refractivity contribution is -0.148. The maximum absolute atomic E-state index is 12.9. The number of Topliss-reactive ketones (excluding diaryl/α,β-unsaturated/α-hetero) is 2. The number of fused-ring (bicyclic) bond motifs is 4. The Balaban J connectivity index is 1.32. The van der Waals surface area contributed by atoms with E-state index < -0.39 is 0 Å². The van der Waals surface area contributed by atoms with Crippen molar-refractivity contribution in [2.24, 2.45) is 45.3 Å². The van der Waals surface area contributed by atoms with Crippen molar-refractivity contribution in [2.45, 2.75) is 80.1 Å². The number of carbonyl (C=O) groups excluding carboxylic acids is 3. The fraction of sp³-hybridized carbons (Fsp3) is 0.875. The van der Waals surface area contributed by atoms with E-state index in [0.29, 0.717) is 24.0 Å². The van der Waals surface area contributed by atoms with Crippen LogP contribution in [0.1, 0.15) is 80.1 Å². The number of esters is 1. The summed E-state index contributed by atoms with van der Waals surface area (Å²) in [5, 5.41) is 0. The molecule has 4 rings (SSSR count). The third kappa shape index (κ3) is 2.26. The molecule has 0 aromatic carbocycles. The molecule has 4 aliphatic rings. The zero-order chi connectivity index (χ0) is 20.7. The van der Waals surface area contributed by atoms with E-state index in [1.807, 2.05) is 0 Å². The monoisotopic (exact) mass is 388 g/mol. The molecule has 28 heavy (non-hydrogen) atoms. The van der Waals surface area contributed by atoms with Gasteiger partial charge in [-0.3, -0.25) is 14.4 Å². The number of rotatable bonds is 5. The van der Waals surface area contributed by atoms with Gasteiger partial charge in [-0.15, -0.1) is 0 Å². The molecule has 0 N–H and O–H groups in total. The molecule has 4 saturated carbocycles. The van der Waals surface area contributed by atoms with Gasteiger partial charge in [-0.1, -0.05) is 41.5 Å². The Hall–Kier alpha value is -1.19. The summed E-state index contributed by atoms with van der Waals surface area (Å²) in [6.45, 7) is 13.2. The smallest absolute Gasteiger partial charge is 0.305 e. The fourth-order valence-electron chi connectivity index (χ4n) is 7.60. The molecule has 0 aromatic rings. The van der Waals surface area contributed by atoms with E-state index in [9.17, 15) is 14.4 Å². The van der Waals surface area contributed by atoms with Gasteiger partial charge in [0.25, 0.3) is 0 Å². The predicted molar refractivity (Wildman–Crippen MR) is 106 cm³/mol. The van der Waals surface area contributed by atoms with Gasteiger partial charge < -0.3 is 4.74 Å². The van der Waals surface area contributed by atoms with Crippen LogP contribution in [0.15, 0.2) is 0 Å². The Morgan fingerprint density at radius 3 is 1.75 bits per heavy atom. The maximum Gasteiger partial charge on any atom is 0.305 e. The lowest BCUT2D eigenvalue weighted by atomic mass is 9.70. The lowest BCUT2D eigenvalue weighted by Gasteiger charge is -2.32. The molecule has 4 fully saturated rings. The van der Waals surface area contributed by atoms with Crippen molar-refractivity contribution >= 4 is 17.5 Å². The van der Waals surface area contributed by atoms with Crippen LogP contribution in [0, 0.1) is 45.3 Å². The molecule has 156 valence electrons. The second-order valence-electron chi connectivity index (χ2n) is 11.6. The lowest BCUT2D eigenvalue weighted by Crippen LogP contribution is -2.34. The Labute approximate surface area is 169 Å². The molecule has 0 spiro atoms. The van der Waals surface area contributed by atoms with Crippen LogP contribution in [0.25, 0.3) is 0 Å². The second kappa shape index (κ2) is 5.92. The first-order valence-electron chi connectivity index (χ1n) is 11.1. The SMILES string of the molecule is CC1(C)[C@H]2CC[C@@]1(C)C(=O)[C@@H]2CCC(=O)OC[C@H]1C(=O)[C@]2(C)CC[C@@H]1C2(C)C. The van der Waals surface area contributed by atoms with Crippen molar-refractivity contribution in [1.82, 2.24) is 0 Å². The fourth-order valence-corrected chi connectivity index (χ4v) is 7.60. The molecule has 0 amide bonds. The van der Waals surface area contributed by atoms with Crippen LogP contribution in [0.2, 0.25) is 0 Å². The van der Waals surface area contributed by atoms with Crippen LogP contribution in [-0.2, 0) is 19.1 Å². The van der Waals surface area contributed by atoms with Crippen LogP contribution < -0.4 is 0 Å². The van der Waals surface area contributed by atoms with Crippen molar-refractivity contribution in [3.8, 4) is 0 Å². The number of hydrogen-bond acceptors (Lipinski definition) is 4.